The highest BCUT2D eigenvalue weighted by molar-refractivity contribution is 5.61. The average molecular weight is 220 g/mol. The van der Waals surface area contributed by atoms with Gasteiger partial charge in [0.05, 0.1) is 16.9 Å². The van der Waals surface area contributed by atoms with Crippen LogP contribution < -0.4 is 16.6 Å². The number of hydrazine groups is 1. The van der Waals surface area contributed by atoms with Crippen LogP contribution in [0.25, 0.3) is 0 Å². The van der Waals surface area contributed by atoms with Crippen LogP contribution in [0.4, 0.5) is 10.1 Å². The number of hydrogen-bond acceptors (Lipinski definition) is 4. The van der Waals surface area contributed by atoms with Crippen molar-refractivity contribution < 1.29 is 4.39 Å². The maximum atomic E-state index is 13.1. The first-order chi connectivity index (χ1) is 7.47. The molecule has 1 aromatic carbocycles. The number of anilines is 1. The number of nitrogens with zero attached hydrogens (tertiary/aromatic N) is 2. The van der Waals surface area contributed by atoms with E-state index >= 15 is 0 Å². The van der Waals surface area contributed by atoms with E-state index in [4.69, 9.17) is 16.8 Å². The molecule has 0 heterocycles. The van der Waals surface area contributed by atoms with Gasteiger partial charge < -0.3 is 5.73 Å². The topological polar surface area (TPSA) is 79.1 Å². The van der Waals surface area contributed by atoms with E-state index in [0.29, 0.717) is 22.6 Å². The Hall–Kier alpha value is -2.06. The van der Waals surface area contributed by atoms with Crippen molar-refractivity contribution in [3.8, 4) is 6.07 Å². The van der Waals surface area contributed by atoms with Crippen molar-refractivity contribution >= 4 is 5.69 Å². The molecular weight excluding hydrogens is 207 g/mol. The predicted octanol–water partition coefficient (Wildman–Crippen LogP) is 1.59. The van der Waals surface area contributed by atoms with Gasteiger partial charge in [0.1, 0.15) is 11.9 Å². The van der Waals surface area contributed by atoms with Gasteiger partial charge in [0.15, 0.2) is 0 Å². The number of halogens is 1. The molecule has 0 bridgehead atoms. The largest absolute Gasteiger partial charge is 0.401 e. The van der Waals surface area contributed by atoms with Crippen molar-refractivity contribution in [2.75, 3.05) is 5.01 Å². The zero-order valence-electron chi connectivity index (χ0n) is 9.16. The molecule has 0 saturated carbocycles. The summed E-state index contributed by atoms with van der Waals surface area (Å²) >= 11 is 0. The van der Waals surface area contributed by atoms with Crippen molar-refractivity contribution in [1.29, 1.82) is 5.26 Å². The summed E-state index contributed by atoms with van der Waals surface area (Å²) in [5.41, 5.74) is 7.26. The fourth-order valence-corrected chi connectivity index (χ4v) is 1.17. The molecule has 4 nitrogen and oxygen atoms in total. The van der Waals surface area contributed by atoms with Crippen LogP contribution >= 0.6 is 0 Å². The Kier molecular flexibility index (Phi) is 3.48. The van der Waals surface area contributed by atoms with Gasteiger partial charge in [0.25, 0.3) is 0 Å². The second kappa shape index (κ2) is 4.64. The number of allylic oxidation sites excluding steroid dienone is 2. The number of hydrogen-bond donors (Lipinski definition) is 2. The highest BCUT2D eigenvalue weighted by Gasteiger charge is 2.11. The lowest BCUT2D eigenvalue weighted by atomic mass is 10.1. The first kappa shape index (κ1) is 12.0. The number of benzene rings is 1. The minimum Gasteiger partial charge on any atom is -0.401 e. The summed E-state index contributed by atoms with van der Waals surface area (Å²) in [6, 6.07) is 5.74. The molecule has 5 heteroatoms. The van der Waals surface area contributed by atoms with Gasteiger partial charge in [-0.3, -0.25) is 5.01 Å². The van der Waals surface area contributed by atoms with E-state index in [1.807, 2.05) is 6.07 Å². The molecular formula is C11H13FN4. The van der Waals surface area contributed by atoms with Gasteiger partial charge >= 0.3 is 0 Å². The highest BCUT2D eigenvalue weighted by Crippen LogP contribution is 2.22. The van der Waals surface area contributed by atoms with E-state index < -0.39 is 5.82 Å². The first-order valence-electron chi connectivity index (χ1n) is 4.64. The summed E-state index contributed by atoms with van der Waals surface area (Å²) < 4.78 is 13.1. The van der Waals surface area contributed by atoms with Crippen LogP contribution in [0.1, 0.15) is 19.4 Å². The third-order valence-corrected chi connectivity index (χ3v) is 2.27. The lowest BCUT2D eigenvalue weighted by molar-refractivity contribution is 0.627. The molecule has 16 heavy (non-hydrogen) atoms. The summed E-state index contributed by atoms with van der Waals surface area (Å²) in [5, 5.41) is 10.1. The molecule has 0 radical (unpaired) electrons. The van der Waals surface area contributed by atoms with E-state index in [9.17, 15) is 4.39 Å². The standard InChI is InChI=1S/C11H13FN4/c1-7(14)8(2)16(15)11-5-10(12)4-3-9(11)6-13/h3-5H,14-15H2,1-2H3/b8-7-. The summed E-state index contributed by atoms with van der Waals surface area (Å²) in [4.78, 5) is 0. The second-order valence-electron chi connectivity index (χ2n) is 3.41. The maximum Gasteiger partial charge on any atom is 0.125 e. The smallest absolute Gasteiger partial charge is 0.125 e. The molecule has 0 aliphatic rings. The summed E-state index contributed by atoms with van der Waals surface area (Å²) in [6.45, 7) is 3.38. The Morgan fingerprint density at radius 3 is 2.56 bits per heavy atom. The predicted molar refractivity (Wildman–Crippen MR) is 60.3 cm³/mol. The molecule has 0 aromatic heterocycles. The second-order valence-corrected chi connectivity index (χ2v) is 3.41. The van der Waals surface area contributed by atoms with Crippen molar-refractivity contribution in [2.24, 2.45) is 11.6 Å². The zero-order chi connectivity index (χ0) is 12.3. The summed E-state index contributed by atoms with van der Waals surface area (Å²) in [7, 11) is 0. The molecule has 0 spiro atoms. The van der Waals surface area contributed by atoms with Crippen LogP contribution in [0, 0.1) is 17.1 Å². The Balaban J connectivity index is 3.28. The number of rotatable bonds is 2. The minimum atomic E-state index is -0.452. The van der Waals surface area contributed by atoms with Crippen LogP contribution in [-0.4, -0.2) is 0 Å². The molecule has 0 fully saturated rings. The van der Waals surface area contributed by atoms with Crippen molar-refractivity contribution in [1.82, 2.24) is 0 Å². The van der Waals surface area contributed by atoms with Gasteiger partial charge in [-0.2, -0.15) is 5.26 Å². The van der Waals surface area contributed by atoms with Gasteiger partial charge in [0, 0.05) is 11.8 Å². The molecule has 1 aromatic rings. The molecule has 0 saturated heterocycles. The third kappa shape index (κ3) is 2.30. The van der Waals surface area contributed by atoms with Crippen molar-refractivity contribution in [2.45, 2.75) is 13.8 Å². The van der Waals surface area contributed by atoms with E-state index in [0.717, 1.165) is 0 Å². The number of nitriles is 1. The molecule has 0 amide bonds. The summed E-state index contributed by atoms with van der Waals surface area (Å²) in [5.74, 6) is 5.31. The van der Waals surface area contributed by atoms with Crippen LogP contribution in [-0.2, 0) is 0 Å². The fraction of sp³-hybridized carbons (Fsp3) is 0.182. The lowest BCUT2D eigenvalue weighted by Crippen LogP contribution is -2.31. The molecule has 84 valence electrons. The third-order valence-electron chi connectivity index (χ3n) is 2.27. The molecule has 0 aliphatic carbocycles. The van der Waals surface area contributed by atoms with Gasteiger partial charge in [0.2, 0.25) is 0 Å². The maximum absolute atomic E-state index is 13.1. The monoisotopic (exact) mass is 220 g/mol. The molecule has 0 unspecified atom stereocenters. The Morgan fingerprint density at radius 1 is 1.44 bits per heavy atom. The SMILES string of the molecule is C/C(N)=C(\C)N(N)c1cc(F)ccc1C#N. The Morgan fingerprint density at radius 2 is 2.06 bits per heavy atom. The highest BCUT2D eigenvalue weighted by atomic mass is 19.1. The van der Waals surface area contributed by atoms with Gasteiger partial charge in [-0.25, -0.2) is 10.2 Å². The molecule has 0 atom stereocenters. The van der Waals surface area contributed by atoms with E-state index in [1.54, 1.807) is 13.8 Å². The van der Waals surface area contributed by atoms with Gasteiger partial charge in [-0.1, -0.05) is 0 Å². The van der Waals surface area contributed by atoms with E-state index in [1.165, 1.54) is 23.2 Å². The van der Waals surface area contributed by atoms with Crippen LogP contribution in [0.3, 0.4) is 0 Å². The quantitative estimate of drug-likeness (QED) is 0.586. The van der Waals surface area contributed by atoms with Gasteiger partial charge in [-0.05, 0) is 26.0 Å². The average Bonchev–Trinajstić information content (AvgIpc) is 2.26. The minimum absolute atomic E-state index is 0.296. The fourth-order valence-electron chi connectivity index (χ4n) is 1.17. The Bertz CT molecular complexity index is 469. The summed E-state index contributed by atoms with van der Waals surface area (Å²) in [6.07, 6.45) is 0. The van der Waals surface area contributed by atoms with Crippen molar-refractivity contribution in [3.63, 3.8) is 0 Å². The van der Waals surface area contributed by atoms with E-state index in [2.05, 4.69) is 0 Å². The number of nitrogens with two attached hydrogens (primary N) is 2. The van der Waals surface area contributed by atoms with Crippen LogP contribution in [0.2, 0.25) is 0 Å². The van der Waals surface area contributed by atoms with Gasteiger partial charge in [-0.15, -0.1) is 0 Å². The zero-order valence-corrected chi connectivity index (χ0v) is 9.16. The van der Waals surface area contributed by atoms with E-state index in [-0.39, 0.29) is 0 Å². The normalized spacial score (nSPS) is 11.7. The van der Waals surface area contributed by atoms with Crippen molar-refractivity contribution in [3.05, 3.63) is 41.0 Å². The van der Waals surface area contributed by atoms with Crippen LogP contribution in [0.15, 0.2) is 29.6 Å². The first-order valence-corrected chi connectivity index (χ1v) is 4.64. The Labute approximate surface area is 93.5 Å². The molecule has 1 rings (SSSR count). The molecule has 4 N–H and O–H groups in total. The lowest BCUT2D eigenvalue weighted by Gasteiger charge is -2.21. The van der Waals surface area contributed by atoms with Crippen LogP contribution in [0.5, 0.6) is 0 Å². The molecule has 0 aliphatic heterocycles.